The van der Waals surface area contributed by atoms with Crippen LogP contribution in [0.1, 0.15) is 17.5 Å². The van der Waals surface area contributed by atoms with Crippen molar-refractivity contribution < 1.29 is 4.42 Å². The fraction of sp³-hybridized carbons (Fsp3) is 0.154. The van der Waals surface area contributed by atoms with E-state index in [1.807, 2.05) is 37.5 Å². The summed E-state index contributed by atoms with van der Waals surface area (Å²) in [5.41, 5.74) is 4.17. The van der Waals surface area contributed by atoms with Crippen molar-refractivity contribution in [2.24, 2.45) is 12.9 Å². The maximum absolute atomic E-state index is 6.10. The second kappa shape index (κ2) is 4.70. The summed E-state index contributed by atoms with van der Waals surface area (Å²) >= 11 is 6.10. The Labute approximate surface area is 114 Å². The average Bonchev–Trinajstić information content (AvgIpc) is 2.98. The van der Waals surface area contributed by atoms with Gasteiger partial charge in [-0.15, -0.1) is 0 Å². The van der Waals surface area contributed by atoms with Crippen LogP contribution < -0.4 is 11.3 Å². The number of nitrogens with one attached hydrogen (secondary N) is 1. The van der Waals surface area contributed by atoms with Crippen LogP contribution in [-0.2, 0) is 7.05 Å². The zero-order valence-corrected chi connectivity index (χ0v) is 11.1. The molecule has 1 atom stereocenters. The van der Waals surface area contributed by atoms with Crippen LogP contribution in [0.4, 0.5) is 0 Å². The van der Waals surface area contributed by atoms with Gasteiger partial charge in [-0.2, -0.15) is 5.10 Å². The minimum absolute atomic E-state index is 0.301. The number of halogens is 1. The molecule has 1 aromatic carbocycles. The number of furan rings is 1. The molecule has 0 aliphatic carbocycles. The highest BCUT2D eigenvalue weighted by Crippen LogP contribution is 2.31. The molecule has 0 amide bonds. The minimum atomic E-state index is -0.301. The van der Waals surface area contributed by atoms with Gasteiger partial charge < -0.3 is 4.42 Å². The SMILES string of the molecule is Cn1ccc(C(NN)c2cc3cccc(Cl)c3o2)n1. The van der Waals surface area contributed by atoms with Gasteiger partial charge >= 0.3 is 0 Å². The summed E-state index contributed by atoms with van der Waals surface area (Å²) in [4.78, 5) is 0. The standard InChI is InChI=1S/C13H13ClN4O/c1-18-6-5-10(17-18)12(16-15)11-7-8-3-2-4-9(14)13(8)19-11/h2-7,12,16H,15H2,1H3. The Morgan fingerprint density at radius 1 is 1.42 bits per heavy atom. The number of fused-ring (bicyclic) bond motifs is 1. The largest absolute Gasteiger partial charge is 0.457 e. The quantitative estimate of drug-likeness (QED) is 0.569. The number of nitrogens with zero attached hydrogens (tertiary/aromatic N) is 2. The third-order valence-corrected chi connectivity index (χ3v) is 3.29. The molecule has 0 aliphatic heterocycles. The van der Waals surface area contributed by atoms with Gasteiger partial charge in [-0.25, -0.2) is 5.43 Å². The first-order valence-electron chi connectivity index (χ1n) is 5.82. The van der Waals surface area contributed by atoms with E-state index in [2.05, 4.69) is 10.5 Å². The summed E-state index contributed by atoms with van der Waals surface area (Å²) in [6.45, 7) is 0. The summed E-state index contributed by atoms with van der Waals surface area (Å²) in [6, 6.07) is 9.13. The third-order valence-electron chi connectivity index (χ3n) is 3.00. The van der Waals surface area contributed by atoms with Crippen LogP contribution in [0.15, 0.2) is 40.9 Å². The molecule has 0 fully saturated rings. The van der Waals surface area contributed by atoms with E-state index in [4.69, 9.17) is 21.9 Å². The molecule has 1 unspecified atom stereocenters. The molecule has 0 radical (unpaired) electrons. The normalized spacial score (nSPS) is 13.0. The Hall–Kier alpha value is -1.82. The molecule has 5 nitrogen and oxygen atoms in total. The molecule has 6 heteroatoms. The summed E-state index contributed by atoms with van der Waals surface area (Å²) in [6.07, 6.45) is 1.86. The second-order valence-electron chi connectivity index (χ2n) is 4.32. The van der Waals surface area contributed by atoms with Crippen LogP contribution in [0.5, 0.6) is 0 Å². The minimum Gasteiger partial charge on any atom is -0.457 e. The first-order valence-corrected chi connectivity index (χ1v) is 6.20. The molecule has 0 saturated heterocycles. The number of hydrogen-bond donors (Lipinski definition) is 2. The number of para-hydroxylation sites is 1. The van der Waals surface area contributed by atoms with Gasteiger partial charge in [0.2, 0.25) is 0 Å². The van der Waals surface area contributed by atoms with E-state index in [0.29, 0.717) is 16.4 Å². The first kappa shape index (κ1) is 12.2. The van der Waals surface area contributed by atoms with Crippen molar-refractivity contribution >= 4 is 22.6 Å². The van der Waals surface area contributed by atoms with E-state index in [1.54, 1.807) is 10.7 Å². The molecule has 2 heterocycles. The molecule has 0 aliphatic rings. The van der Waals surface area contributed by atoms with Gasteiger partial charge in [0, 0.05) is 18.6 Å². The Morgan fingerprint density at radius 3 is 2.89 bits per heavy atom. The van der Waals surface area contributed by atoms with Gasteiger partial charge in [-0.3, -0.25) is 10.5 Å². The van der Waals surface area contributed by atoms with Gasteiger partial charge in [0.1, 0.15) is 11.8 Å². The van der Waals surface area contributed by atoms with E-state index < -0.39 is 0 Å². The van der Waals surface area contributed by atoms with Crippen molar-refractivity contribution in [2.75, 3.05) is 0 Å². The number of aromatic nitrogens is 2. The molecular weight excluding hydrogens is 264 g/mol. The van der Waals surface area contributed by atoms with E-state index >= 15 is 0 Å². The lowest BCUT2D eigenvalue weighted by molar-refractivity contribution is 0.468. The van der Waals surface area contributed by atoms with Crippen LogP contribution in [-0.4, -0.2) is 9.78 Å². The molecular formula is C13H13ClN4O. The Bertz CT molecular complexity index is 718. The lowest BCUT2D eigenvalue weighted by Crippen LogP contribution is -2.28. The zero-order valence-electron chi connectivity index (χ0n) is 10.3. The highest BCUT2D eigenvalue weighted by Gasteiger charge is 2.20. The Morgan fingerprint density at radius 2 is 2.26 bits per heavy atom. The van der Waals surface area contributed by atoms with E-state index in [-0.39, 0.29) is 6.04 Å². The lowest BCUT2D eigenvalue weighted by atomic mass is 10.1. The molecule has 3 aromatic rings. The van der Waals surface area contributed by atoms with Crippen molar-refractivity contribution in [2.45, 2.75) is 6.04 Å². The number of benzene rings is 1. The molecule has 0 saturated carbocycles. The highest BCUT2D eigenvalue weighted by molar-refractivity contribution is 6.34. The number of aryl methyl sites for hydroxylation is 1. The zero-order chi connectivity index (χ0) is 13.4. The van der Waals surface area contributed by atoms with E-state index in [9.17, 15) is 0 Å². The molecule has 19 heavy (non-hydrogen) atoms. The maximum atomic E-state index is 6.10. The van der Waals surface area contributed by atoms with Crippen LogP contribution in [0.2, 0.25) is 5.02 Å². The average molecular weight is 277 g/mol. The monoisotopic (exact) mass is 276 g/mol. The topological polar surface area (TPSA) is 69.0 Å². The number of hydrogen-bond acceptors (Lipinski definition) is 4. The van der Waals surface area contributed by atoms with Crippen molar-refractivity contribution in [3.8, 4) is 0 Å². The van der Waals surface area contributed by atoms with Gasteiger partial charge in [-0.1, -0.05) is 23.7 Å². The molecule has 0 bridgehead atoms. The predicted octanol–water partition coefficient (Wildman–Crippen LogP) is 2.37. The Kier molecular flexibility index (Phi) is 3.02. The fourth-order valence-electron chi connectivity index (χ4n) is 2.09. The molecule has 98 valence electrons. The summed E-state index contributed by atoms with van der Waals surface area (Å²) in [7, 11) is 1.85. The number of nitrogens with two attached hydrogens (primary N) is 1. The van der Waals surface area contributed by atoms with Gasteiger partial charge in [-0.05, 0) is 18.2 Å². The van der Waals surface area contributed by atoms with Crippen molar-refractivity contribution in [3.05, 3.63) is 53.0 Å². The van der Waals surface area contributed by atoms with Crippen LogP contribution in [0, 0.1) is 0 Å². The van der Waals surface area contributed by atoms with Crippen LogP contribution in [0.25, 0.3) is 11.0 Å². The number of rotatable bonds is 3. The third kappa shape index (κ3) is 2.12. The van der Waals surface area contributed by atoms with Crippen LogP contribution >= 0.6 is 11.6 Å². The van der Waals surface area contributed by atoms with Crippen molar-refractivity contribution in [1.29, 1.82) is 0 Å². The number of hydrazine groups is 1. The molecule has 3 N–H and O–H groups in total. The smallest absolute Gasteiger partial charge is 0.152 e. The molecule has 2 aromatic heterocycles. The van der Waals surface area contributed by atoms with Crippen molar-refractivity contribution in [1.82, 2.24) is 15.2 Å². The molecule has 3 rings (SSSR count). The maximum Gasteiger partial charge on any atom is 0.152 e. The first-order chi connectivity index (χ1) is 9.19. The fourth-order valence-corrected chi connectivity index (χ4v) is 2.31. The van der Waals surface area contributed by atoms with E-state index in [1.165, 1.54) is 0 Å². The van der Waals surface area contributed by atoms with Gasteiger partial charge in [0.15, 0.2) is 5.58 Å². The summed E-state index contributed by atoms with van der Waals surface area (Å²) in [5, 5.41) is 5.86. The van der Waals surface area contributed by atoms with Gasteiger partial charge in [0.25, 0.3) is 0 Å². The van der Waals surface area contributed by atoms with Gasteiger partial charge in [0.05, 0.1) is 10.7 Å². The summed E-state index contributed by atoms with van der Waals surface area (Å²) < 4.78 is 7.51. The molecule has 0 spiro atoms. The predicted molar refractivity (Wildman–Crippen MR) is 73.6 cm³/mol. The van der Waals surface area contributed by atoms with Crippen molar-refractivity contribution in [3.63, 3.8) is 0 Å². The summed E-state index contributed by atoms with van der Waals surface area (Å²) in [5.74, 6) is 6.30. The highest BCUT2D eigenvalue weighted by atomic mass is 35.5. The van der Waals surface area contributed by atoms with Crippen LogP contribution in [0.3, 0.4) is 0 Å². The Balaban J connectivity index is 2.09. The van der Waals surface area contributed by atoms with E-state index in [0.717, 1.165) is 11.1 Å². The lowest BCUT2D eigenvalue weighted by Gasteiger charge is -2.09. The second-order valence-corrected chi connectivity index (χ2v) is 4.73.